The Balaban J connectivity index is 2.67. The molecule has 0 saturated carbocycles. The summed E-state index contributed by atoms with van der Waals surface area (Å²) in [5.41, 5.74) is -0.384. The lowest BCUT2D eigenvalue weighted by Gasteiger charge is -2.43. The molecule has 0 aromatic carbocycles. The van der Waals surface area contributed by atoms with Crippen molar-refractivity contribution in [2.24, 2.45) is 5.41 Å². The molecule has 1 atom stereocenters. The van der Waals surface area contributed by atoms with Crippen LogP contribution in [0.4, 0.5) is 4.79 Å². The van der Waals surface area contributed by atoms with Gasteiger partial charge in [-0.3, -0.25) is 0 Å². The van der Waals surface area contributed by atoms with E-state index in [0.29, 0.717) is 13.1 Å². The van der Waals surface area contributed by atoms with Crippen molar-refractivity contribution in [1.29, 1.82) is 0 Å². The molecule has 0 aliphatic carbocycles. The van der Waals surface area contributed by atoms with Gasteiger partial charge >= 0.3 is 12.0 Å². The zero-order chi connectivity index (χ0) is 14.5. The quantitative estimate of drug-likeness (QED) is 0.607. The Morgan fingerprint density at radius 1 is 1.47 bits per heavy atom. The number of likely N-dealkylation sites (tertiary alicyclic amines) is 1. The van der Waals surface area contributed by atoms with E-state index >= 15 is 0 Å². The second-order valence-electron chi connectivity index (χ2n) is 5.62. The second kappa shape index (κ2) is 6.59. The Kier molecular flexibility index (Phi) is 5.39. The number of nitrogens with zero attached hydrogens (tertiary/aromatic N) is 1. The number of hydrogen-bond donors (Lipinski definition) is 2. The summed E-state index contributed by atoms with van der Waals surface area (Å²) in [5, 5.41) is 12.2. The Bertz CT molecular complexity index is 364. The summed E-state index contributed by atoms with van der Waals surface area (Å²) in [6, 6.07) is -1.02. The van der Waals surface area contributed by atoms with E-state index in [0.717, 1.165) is 19.3 Å². The van der Waals surface area contributed by atoms with Crippen molar-refractivity contribution in [1.82, 2.24) is 10.2 Å². The third kappa shape index (κ3) is 3.98. The van der Waals surface area contributed by atoms with Gasteiger partial charge in [0.15, 0.2) is 0 Å². The summed E-state index contributed by atoms with van der Waals surface area (Å²) >= 11 is 0. The summed E-state index contributed by atoms with van der Waals surface area (Å²) in [4.78, 5) is 25.0. The van der Waals surface area contributed by atoms with E-state index in [1.54, 1.807) is 0 Å². The van der Waals surface area contributed by atoms with Crippen LogP contribution in [-0.4, -0.2) is 41.1 Å². The Morgan fingerprint density at radius 2 is 2.16 bits per heavy atom. The molecule has 0 aromatic heterocycles. The van der Waals surface area contributed by atoms with Gasteiger partial charge < -0.3 is 15.3 Å². The molecule has 0 radical (unpaired) electrons. The van der Waals surface area contributed by atoms with Crippen LogP contribution in [0.15, 0.2) is 12.2 Å². The predicted octanol–water partition coefficient (Wildman–Crippen LogP) is 2.24. The molecule has 1 aliphatic rings. The number of piperidine rings is 1. The predicted molar refractivity (Wildman–Crippen MR) is 74.0 cm³/mol. The Hall–Kier alpha value is -1.52. The van der Waals surface area contributed by atoms with E-state index in [2.05, 4.69) is 5.32 Å². The van der Waals surface area contributed by atoms with Gasteiger partial charge in [-0.15, -0.1) is 0 Å². The van der Waals surface area contributed by atoms with E-state index in [1.807, 2.05) is 32.9 Å². The molecular weight excluding hydrogens is 244 g/mol. The number of rotatable bonds is 4. The minimum atomic E-state index is -0.923. The third-order valence-electron chi connectivity index (χ3n) is 3.59. The van der Waals surface area contributed by atoms with Crippen molar-refractivity contribution < 1.29 is 14.7 Å². The van der Waals surface area contributed by atoms with Crippen molar-refractivity contribution in [3.63, 3.8) is 0 Å². The first-order chi connectivity index (χ1) is 8.90. The van der Waals surface area contributed by atoms with Crippen LogP contribution in [0.1, 0.15) is 40.0 Å². The highest BCUT2D eigenvalue weighted by atomic mass is 16.4. The minimum Gasteiger partial charge on any atom is -0.480 e. The molecule has 1 fully saturated rings. The zero-order valence-electron chi connectivity index (χ0n) is 12.0. The van der Waals surface area contributed by atoms with Crippen LogP contribution in [0.2, 0.25) is 0 Å². The first kappa shape index (κ1) is 15.5. The smallest absolute Gasteiger partial charge is 0.327 e. The molecular formula is C14H24N2O3. The van der Waals surface area contributed by atoms with E-state index in [-0.39, 0.29) is 11.4 Å². The minimum absolute atomic E-state index is 0.273. The highest BCUT2D eigenvalue weighted by Gasteiger charge is 2.44. The number of hydrogen-bond acceptors (Lipinski definition) is 2. The first-order valence-corrected chi connectivity index (χ1v) is 6.78. The summed E-state index contributed by atoms with van der Waals surface area (Å²) in [6.07, 6.45) is 6.33. The molecule has 2 amide bonds. The molecule has 1 unspecified atom stereocenters. The maximum absolute atomic E-state index is 12.1. The fourth-order valence-electron chi connectivity index (χ4n) is 2.61. The fraction of sp³-hybridized carbons (Fsp3) is 0.714. The van der Waals surface area contributed by atoms with Gasteiger partial charge in [-0.2, -0.15) is 0 Å². The summed E-state index contributed by atoms with van der Waals surface area (Å²) in [5.74, 6) is -0.923. The number of allylic oxidation sites excluding steroid dienone is 1. The number of carbonyl (C=O) groups is 2. The van der Waals surface area contributed by atoms with Gasteiger partial charge in [-0.25, -0.2) is 9.59 Å². The van der Waals surface area contributed by atoms with Crippen molar-refractivity contribution in [2.45, 2.75) is 46.1 Å². The number of carboxylic acid groups (broad SMARTS) is 1. The molecule has 0 bridgehead atoms. The molecule has 5 nitrogen and oxygen atoms in total. The summed E-state index contributed by atoms with van der Waals surface area (Å²) in [6.45, 7) is 6.79. The van der Waals surface area contributed by atoms with Crippen LogP contribution < -0.4 is 5.32 Å². The third-order valence-corrected chi connectivity index (χ3v) is 3.59. The van der Waals surface area contributed by atoms with Gasteiger partial charge in [0, 0.05) is 13.1 Å². The molecule has 1 rings (SSSR count). The van der Waals surface area contributed by atoms with Gasteiger partial charge in [0.1, 0.15) is 6.04 Å². The number of nitrogens with one attached hydrogen (secondary N) is 1. The normalized spacial score (nSPS) is 22.5. The average molecular weight is 268 g/mol. The zero-order valence-corrected chi connectivity index (χ0v) is 12.0. The molecule has 0 spiro atoms. The van der Waals surface area contributed by atoms with Crippen molar-refractivity contribution >= 4 is 12.0 Å². The number of carbonyl (C=O) groups excluding carboxylic acids is 1. The number of carboxylic acids is 1. The largest absolute Gasteiger partial charge is 0.480 e. The lowest BCUT2D eigenvalue weighted by Crippen LogP contribution is -2.58. The maximum atomic E-state index is 12.1. The van der Waals surface area contributed by atoms with E-state index in [4.69, 9.17) is 0 Å². The Morgan fingerprint density at radius 3 is 2.74 bits per heavy atom. The molecule has 1 heterocycles. The average Bonchev–Trinajstić information content (AvgIpc) is 2.32. The van der Waals surface area contributed by atoms with Crippen molar-refractivity contribution in [3.8, 4) is 0 Å². The van der Waals surface area contributed by atoms with Crippen LogP contribution in [0.5, 0.6) is 0 Å². The van der Waals surface area contributed by atoms with Gasteiger partial charge in [0.05, 0.1) is 0 Å². The van der Waals surface area contributed by atoms with Gasteiger partial charge in [-0.05, 0) is 31.6 Å². The van der Waals surface area contributed by atoms with Gasteiger partial charge in [-0.1, -0.05) is 26.0 Å². The van der Waals surface area contributed by atoms with Crippen LogP contribution in [0.25, 0.3) is 0 Å². The highest BCUT2D eigenvalue weighted by Crippen LogP contribution is 2.35. The molecule has 5 heteroatoms. The number of aliphatic carboxylic acids is 1. The van der Waals surface area contributed by atoms with E-state index in [1.165, 1.54) is 4.90 Å². The first-order valence-electron chi connectivity index (χ1n) is 6.78. The Labute approximate surface area is 114 Å². The molecule has 19 heavy (non-hydrogen) atoms. The maximum Gasteiger partial charge on any atom is 0.327 e. The van der Waals surface area contributed by atoms with Crippen LogP contribution in [0.3, 0.4) is 0 Å². The second-order valence-corrected chi connectivity index (χ2v) is 5.62. The SMILES string of the molecule is C/C=C/CCNC(=O)N1CCCC(C)(C)C1C(=O)O. The van der Waals surface area contributed by atoms with Crippen LogP contribution in [0, 0.1) is 5.41 Å². The number of amides is 2. The topological polar surface area (TPSA) is 69.6 Å². The lowest BCUT2D eigenvalue weighted by molar-refractivity contribution is -0.148. The molecule has 1 aliphatic heterocycles. The van der Waals surface area contributed by atoms with Gasteiger partial charge in [0.25, 0.3) is 0 Å². The monoisotopic (exact) mass is 268 g/mol. The van der Waals surface area contributed by atoms with Crippen LogP contribution in [-0.2, 0) is 4.79 Å². The fourth-order valence-corrected chi connectivity index (χ4v) is 2.61. The van der Waals surface area contributed by atoms with Crippen LogP contribution >= 0.6 is 0 Å². The number of urea groups is 1. The van der Waals surface area contributed by atoms with E-state index < -0.39 is 12.0 Å². The molecule has 108 valence electrons. The highest BCUT2D eigenvalue weighted by molar-refractivity contribution is 5.83. The molecule has 2 N–H and O–H groups in total. The van der Waals surface area contributed by atoms with E-state index in [9.17, 15) is 14.7 Å². The summed E-state index contributed by atoms with van der Waals surface area (Å²) in [7, 11) is 0. The lowest BCUT2D eigenvalue weighted by atomic mass is 9.76. The standard InChI is InChI=1S/C14H24N2O3/c1-4-5-6-9-15-13(19)16-10-7-8-14(2,3)11(16)12(17)18/h4-5,11H,6-10H2,1-3H3,(H,15,19)(H,17,18)/b5-4+. The summed E-state index contributed by atoms with van der Waals surface area (Å²) < 4.78 is 0. The molecule has 1 saturated heterocycles. The molecule has 0 aromatic rings. The van der Waals surface area contributed by atoms with Crippen molar-refractivity contribution in [3.05, 3.63) is 12.2 Å². The van der Waals surface area contributed by atoms with Gasteiger partial charge in [0.2, 0.25) is 0 Å². The van der Waals surface area contributed by atoms with Crippen molar-refractivity contribution in [2.75, 3.05) is 13.1 Å².